The van der Waals surface area contributed by atoms with E-state index < -0.39 is 18.4 Å². The minimum absolute atomic E-state index is 0.325. The monoisotopic (exact) mass is 214 g/mol. The quantitative estimate of drug-likeness (QED) is 0.432. The lowest BCUT2D eigenvalue weighted by Crippen LogP contribution is -1.99. The SMILES string of the molecule is CCOC(=O)\C=C(C)/C=C/C=C(/F)CO. The van der Waals surface area contributed by atoms with Crippen LogP contribution < -0.4 is 0 Å². The standard InChI is InChI=1S/C11H15FO3/c1-3-15-11(14)7-9(2)5-4-6-10(12)8-13/h4-7,13H,3,8H2,1-2H3/b5-4+,9-7-,10-6+. The highest BCUT2D eigenvalue weighted by Gasteiger charge is 1.94. The molecule has 0 aromatic heterocycles. The zero-order valence-electron chi connectivity index (χ0n) is 8.87. The van der Waals surface area contributed by atoms with Crippen molar-refractivity contribution in [2.24, 2.45) is 0 Å². The molecule has 15 heavy (non-hydrogen) atoms. The number of allylic oxidation sites excluding steroid dienone is 4. The van der Waals surface area contributed by atoms with Crippen LogP contribution in [0.4, 0.5) is 4.39 Å². The van der Waals surface area contributed by atoms with E-state index in [1.54, 1.807) is 19.9 Å². The molecule has 0 aliphatic heterocycles. The third-order valence-corrected chi connectivity index (χ3v) is 1.42. The van der Waals surface area contributed by atoms with Crippen LogP contribution >= 0.6 is 0 Å². The average molecular weight is 214 g/mol. The number of halogens is 1. The highest BCUT2D eigenvalue weighted by Crippen LogP contribution is 1.99. The van der Waals surface area contributed by atoms with Crippen LogP contribution in [0, 0.1) is 0 Å². The van der Waals surface area contributed by atoms with E-state index in [1.165, 1.54) is 12.2 Å². The van der Waals surface area contributed by atoms with Gasteiger partial charge in [-0.1, -0.05) is 12.2 Å². The molecular formula is C11H15FO3. The first-order valence-corrected chi connectivity index (χ1v) is 4.58. The second-order valence-corrected chi connectivity index (χ2v) is 2.77. The first-order valence-electron chi connectivity index (χ1n) is 4.58. The van der Waals surface area contributed by atoms with Gasteiger partial charge in [-0.15, -0.1) is 0 Å². The lowest BCUT2D eigenvalue weighted by molar-refractivity contribution is -0.137. The van der Waals surface area contributed by atoms with Gasteiger partial charge in [0.2, 0.25) is 0 Å². The van der Waals surface area contributed by atoms with Gasteiger partial charge in [0, 0.05) is 6.08 Å². The Labute approximate surface area is 88.6 Å². The van der Waals surface area contributed by atoms with Crippen molar-refractivity contribution < 1.29 is 19.0 Å². The molecular weight excluding hydrogens is 199 g/mol. The molecule has 0 heterocycles. The van der Waals surface area contributed by atoms with Crippen molar-refractivity contribution in [1.29, 1.82) is 0 Å². The molecule has 0 saturated carbocycles. The van der Waals surface area contributed by atoms with Crippen LogP contribution in [0.1, 0.15) is 13.8 Å². The number of carbonyl (C=O) groups excluding carboxylic acids is 1. The molecule has 0 spiro atoms. The number of hydrogen-bond donors (Lipinski definition) is 1. The molecule has 0 aliphatic rings. The lowest BCUT2D eigenvalue weighted by atomic mass is 10.2. The Morgan fingerprint density at radius 3 is 2.73 bits per heavy atom. The van der Waals surface area contributed by atoms with Gasteiger partial charge < -0.3 is 9.84 Å². The Kier molecular flexibility index (Phi) is 7.18. The molecule has 4 heteroatoms. The van der Waals surface area contributed by atoms with Crippen molar-refractivity contribution in [3.63, 3.8) is 0 Å². The molecule has 84 valence electrons. The van der Waals surface area contributed by atoms with Gasteiger partial charge in [-0.3, -0.25) is 0 Å². The van der Waals surface area contributed by atoms with E-state index in [0.717, 1.165) is 6.08 Å². The Hall–Kier alpha value is -1.42. The van der Waals surface area contributed by atoms with Crippen LogP contribution in [-0.2, 0) is 9.53 Å². The molecule has 0 amide bonds. The Balaban J connectivity index is 4.23. The smallest absolute Gasteiger partial charge is 0.330 e. The molecule has 0 fully saturated rings. The zero-order valence-corrected chi connectivity index (χ0v) is 8.87. The second-order valence-electron chi connectivity index (χ2n) is 2.77. The highest BCUT2D eigenvalue weighted by molar-refractivity contribution is 5.83. The molecule has 3 nitrogen and oxygen atoms in total. The maximum atomic E-state index is 12.4. The van der Waals surface area contributed by atoms with Gasteiger partial charge in [-0.2, -0.15) is 0 Å². The second kappa shape index (κ2) is 7.94. The van der Waals surface area contributed by atoms with Crippen LogP contribution in [-0.4, -0.2) is 24.3 Å². The highest BCUT2D eigenvalue weighted by atomic mass is 19.1. The van der Waals surface area contributed by atoms with Gasteiger partial charge in [0.05, 0.1) is 13.2 Å². The van der Waals surface area contributed by atoms with Crippen molar-refractivity contribution in [2.45, 2.75) is 13.8 Å². The van der Waals surface area contributed by atoms with Crippen molar-refractivity contribution >= 4 is 5.97 Å². The fraction of sp³-hybridized carbons (Fsp3) is 0.364. The van der Waals surface area contributed by atoms with Gasteiger partial charge in [-0.25, -0.2) is 9.18 Å². The molecule has 0 aromatic rings. The van der Waals surface area contributed by atoms with E-state index in [1.807, 2.05) is 0 Å². The predicted molar refractivity (Wildman–Crippen MR) is 55.8 cm³/mol. The molecule has 0 unspecified atom stereocenters. The Morgan fingerprint density at radius 2 is 2.20 bits per heavy atom. The number of aliphatic hydroxyl groups is 1. The fourth-order valence-electron chi connectivity index (χ4n) is 0.775. The summed E-state index contributed by atoms with van der Waals surface area (Å²) in [5, 5.41) is 8.35. The van der Waals surface area contributed by atoms with Gasteiger partial charge in [0.1, 0.15) is 5.83 Å². The van der Waals surface area contributed by atoms with Crippen molar-refractivity contribution in [2.75, 3.05) is 13.2 Å². The fourth-order valence-corrected chi connectivity index (χ4v) is 0.775. The van der Waals surface area contributed by atoms with E-state index in [2.05, 4.69) is 4.74 Å². The largest absolute Gasteiger partial charge is 0.463 e. The summed E-state index contributed by atoms with van der Waals surface area (Å²) in [5.74, 6) is -1.05. The Morgan fingerprint density at radius 1 is 1.53 bits per heavy atom. The van der Waals surface area contributed by atoms with E-state index >= 15 is 0 Å². The zero-order chi connectivity index (χ0) is 11.7. The normalized spacial score (nSPS) is 13.3. The van der Waals surface area contributed by atoms with E-state index in [-0.39, 0.29) is 0 Å². The van der Waals surface area contributed by atoms with Crippen molar-refractivity contribution in [3.8, 4) is 0 Å². The van der Waals surface area contributed by atoms with E-state index in [4.69, 9.17) is 5.11 Å². The molecule has 0 rings (SSSR count). The van der Waals surface area contributed by atoms with Crippen molar-refractivity contribution in [1.82, 2.24) is 0 Å². The van der Waals surface area contributed by atoms with Crippen molar-refractivity contribution in [3.05, 3.63) is 35.7 Å². The number of carbonyl (C=O) groups is 1. The molecule has 0 atom stereocenters. The molecule has 0 bridgehead atoms. The summed E-state index contributed by atoms with van der Waals surface area (Å²) in [6.07, 6.45) is 5.40. The molecule has 0 radical (unpaired) electrons. The molecule has 0 aliphatic carbocycles. The summed E-state index contributed by atoms with van der Waals surface area (Å²) >= 11 is 0. The first kappa shape index (κ1) is 13.6. The Bertz CT molecular complexity index is 290. The number of esters is 1. The maximum absolute atomic E-state index is 12.4. The number of aliphatic hydroxyl groups excluding tert-OH is 1. The first-order chi connectivity index (χ1) is 7.10. The minimum atomic E-state index is -0.629. The van der Waals surface area contributed by atoms with Crippen LogP contribution in [0.25, 0.3) is 0 Å². The van der Waals surface area contributed by atoms with E-state index in [9.17, 15) is 9.18 Å². The third kappa shape index (κ3) is 7.64. The summed E-state index contributed by atoms with van der Waals surface area (Å²) in [6.45, 7) is 3.12. The molecule has 1 N–H and O–H groups in total. The van der Waals surface area contributed by atoms with Crippen LogP contribution in [0.15, 0.2) is 35.7 Å². The summed E-state index contributed by atoms with van der Waals surface area (Å²) in [4.78, 5) is 10.9. The summed E-state index contributed by atoms with van der Waals surface area (Å²) in [5.41, 5.74) is 0.649. The van der Waals surface area contributed by atoms with Crippen LogP contribution in [0.3, 0.4) is 0 Å². The van der Waals surface area contributed by atoms with Gasteiger partial charge in [0.25, 0.3) is 0 Å². The van der Waals surface area contributed by atoms with E-state index in [0.29, 0.717) is 12.2 Å². The maximum Gasteiger partial charge on any atom is 0.330 e. The summed E-state index contributed by atoms with van der Waals surface area (Å²) in [7, 11) is 0. The van der Waals surface area contributed by atoms with Gasteiger partial charge in [-0.05, 0) is 25.5 Å². The number of ether oxygens (including phenoxy) is 1. The lowest BCUT2D eigenvalue weighted by Gasteiger charge is -1.95. The van der Waals surface area contributed by atoms with Crippen LogP contribution in [0.5, 0.6) is 0 Å². The molecule has 0 saturated heterocycles. The number of rotatable bonds is 5. The van der Waals surface area contributed by atoms with Crippen LogP contribution in [0.2, 0.25) is 0 Å². The average Bonchev–Trinajstić information content (AvgIpc) is 2.17. The summed E-state index contributed by atoms with van der Waals surface area (Å²) in [6, 6.07) is 0. The summed E-state index contributed by atoms with van der Waals surface area (Å²) < 4.78 is 17.1. The van der Waals surface area contributed by atoms with Gasteiger partial charge >= 0.3 is 5.97 Å². The topological polar surface area (TPSA) is 46.5 Å². The predicted octanol–water partition coefficient (Wildman–Crippen LogP) is 1.90. The molecule has 0 aromatic carbocycles. The number of hydrogen-bond acceptors (Lipinski definition) is 3. The van der Waals surface area contributed by atoms with Gasteiger partial charge in [0.15, 0.2) is 0 Å². The minimum Gasteiger partial charge on any atom is -0.463 e. The third-order valence-electron chi connectivity index (χ3n) is 1.42.